The van der Waals surface area contributed by atoms with Crippen molar-refractivity contribution in [1.82, 2.24) is 19.6 Å². The van der Waals surface area contributed by atoms with Crippen molar-refractivity contribution in [2.45, 2.75) is 45.7 Å². The predicted molar refractivity (Wildman–Crippen MR) is 111 cm³/mol. The van der Waals surface area contributed by atoms with Gasteiger partial charge in [0, 0.05) is 16.6 Å². The second-order valence-corrected chi connectivity index (χ2v) is 7.69. The first kappa shape index (κ1) is 19.6. The Bertz CT molecular complexity index is 889. The third-order valence-electron chi connectivity index (χ3n) is 4.43. The van der Waals surface area contributed by atoms with E-state index in [1.54, 1.807) is 4.52 Å². The second kappa shape index (κ2) is 8.67. The third kappa shape index (κ3) is 4.56. The molecular weight excluding hydrogens is 408 g/mol. The van der Waals surface area contributed by atoms with E-state index in [9.17, 15) is 5.11 Å². The maximum absolute atomic E-state index is 9.49. The van der Waals surface area contributed by atoms with Crippen LogP contribution in [-0.4, -0.2) is 37.3 Å². The van der Waals surface area contributed by atoms with Crippen molar-refractivity contribution in [2.24, 2.45) is 0 Å². The molecule has 0 saturated heterocycles. The number of aromatic nitrogens is 4. The number of anilines is 2. The lowest BCUT2D eigenvalue weighted by Crippen LogP contribution is -2.24. The normalized spacial score (nSPS) is 12.5. The summed E-state index contributed by atoms with van der Waals surface area (Å²) < 4.78 is 2.78. The highest BCUT2D eigenvalue weighted by Crippen LogP contribution is 2.22. The Morgan fingerprint density at radius 2 is 1.93 bits per heavy atom. The minimum absolute atomic E-state index is 0.0307. The summed E-state index contributed by atoms with van der Waals surface area (Å²) in [6, 6.07) is 8.04. The zero-order chi connectivity index (χ0) is 19.4. The molecule has 0 saturated carbocycles. The molecule has 0 aliphatic heterocycles. The topological polar surface area (TPSA) is 87.4 Å². The lowest BCUT2D eigenvalue weighted by atomic mass is 10.1. The monoisotopic (exact) mass is 432 g/mol. The van der Waals surface area contributed by atoms with E-state index in [-0.39, 0.29) is 12.6 Å². The number of nitrogens with zero attached hydrogens (tertiary/aromatic N) is 4. The first-order valence-corrected chi connectivity index (χ1v) is 9.92. The van der Waals surface area contributed by atoms with Gasteiger partial charge in [-0.25, -0.2) is 0 Å². The third-order valence-corrected chi connectivity index (χ3v) is 4.96. The van der Waals surface area contributed by atoms with E-state index in [1.807, 2.05) is 25.3 Å². The molecule has 1 atom stereocenters. The van der Waals surface area contributed by atoms with Crippen LogP contribution in [0.25, 0.3) is 5.65 Å². The Morgan fingerprint density at radius 3 is 2.56 bits per heavy atom. The van der Waals surface area contributed by atoms with Crippen LogP contribution in [0, 0.1) is 0 Å². The van der Waals surface area contributed by atoms with E-state index in [0.29, 0.717) is 24.4 Å². The van der Waals surface area contributed by atoms with Gasteiger partial charge in [-0.3, -0.25) is 0 Å². The van der Waals surface area contributed by atoms with E-state index in [1.165, 1.54) is 0 Å². The summed E-state index contributed by atoms with van der Waals surface area (Å²) in [4.78, 5) is 9.23. The fourth-order valence-corrected chi connectivity index (χ4v) is 2.99. The molecule has 3 aromatic rings. The minimum Gasteiger partial charge on any atom is -0.394 e. The molecule has 3 rings (SSSR count). The number of hydrogen-bond donors (Lipinski definition) is 3. The summed E-state index contributed by atoms with van der Waals surface area (Å²) in [7, 11) is 0. The zero-order valence-electron chi connectivity index (χ0n) is 15.8. The first-order valence-electron chi connectivity index (χ1n) is 9.13. The molecule has 7 nitrogen and oxygen atoms in total. The summed E-state index contributed by atoms with van der Waals surface area (Å²) in [5.41, 5.74) is 2.97. The summed E-state index contributed by atoms with van der Waals surface area (Å²) in [5.74, 6) is 1.40. The van der Waals surface area contributed by atoms with Gasteiger partial charge < -0.3 is 15.7 Å². The number of benzene rings is 1. The number of rotatable bonds is 8. The van der Waals surface area contributed by atoms with Crippen molar-refractivity contribution in [3.05, 3.63) is 46.1 Å². The molecule has 0 fully saturated rings. The highest BCUT2D eigenvalue weighted by Gasteiger charge is 2.16. The van der Waals surface area contributed by atoms with Gasteiger partial charge in [0.1, 0.15) is 0 Å². The van der Waals surface area contributed by atoms with Gasteiger partial charge >= 0.3 is 0 Å². The van der Waals surface area contributed by atoms with Gasteiger partial charge in [-0.1, -0.05) is 48.8 Å². The molecule has 0 aliphatic rings. The quantitative estimate of drug-likeness (QED) is 0.501. The van der Waals surface area contributed by atoms with Crippen LogP contribution in [0.3, 0.4) is 0 Å². The lowest BCUT2D eigenvalue weighted by Gasteiger charge is -2.16. The molecule has 2 aromatic heterocycles. The molecule has 8 heteroatoms. The predicted octanol–water partition coefficient (Wildman–Crippen LogP) is 3.81. The number of fused-ring (bicyclic) bond motifs is 1. The van der Waals surface area contributed by atoms with Crippen molar-refractivity contribution in [3.8, 4) is 0 Å². The van der Waals surface area contributed by atoms with Crippen molar-refractivity contribution in [1.29, 1.82) is 0 Å². The fraction of sp³-hybridized carbons (Fsp3) is 0.421. The van der Waals surface area contributed by atoms with Crippen LogP contribution in [0.5, 0.6) is 0 Å². The highest BCUT2D eigenvalue weighted by atomic mass is 79.9. The Kier molecular flexibility index (Phi) is 6.28. The van der Waals surface area contributed by atoms with Crippen molar-refractivity contribution in [2.75, 3.05) is 17.2 Å². The molecule has 0 unspecified atom stereocenters. The Morgan fingerprint density at radius 1 is 1.19 bits per heavy atom. The summed E-state index contributed by atoms with van der Waals surface area (Å²) in [5, 5.41) is 20.5. The van der Waals surface area contributed by atoms with Crippen LogP contribution in [0.4, 0.5) is 11.9 Å². The molecule has 27 heavy (non-hydrogen) atoms. The number of nitrogens with one attached hydrogen (secondary N) is 2. The number of aliphatic hydroxyl groups is 1. The van der Waals surface area contributed by atoms with E-state index in [0.717, 1.165) is 27.7 Å². The summed E-state index contributed by atoms with van der Waals surface area (Å²) in [6.45, 7) is 6.89. The van der Waals surface area contributed by atoms with Crippen LogP contribution in [0.15, 0.2) is 34.9 Å². The van der Waals surface area contributed by atoms with E-state index in [4.69, 9.17) is 0 Å². The minimum atomic E-state index is -0.0859. The molecule has 1 aromatic carbocycles. The molecule has 2 heterocycles. The molecule has 0 aliphatic carbocycles. The fourth-order valence-electron chi connectivity index (χ4n) is 2.72. The highest BCUT2D eigenvalue weighted by molar-refractivity contribution is 9.10. The molecular formula is C19H25BrN6O. The van der Waals surface area contributed by atoms with E-state index in [2.05, 4.69) is 67.6 Å². The maximum Gasteiger partial charge on any atom is 0.229 e. The average molecular weight is 433 g/mol. The molecule has 144 valence electrons. The number of aliphatic hydroxyl groups excluding tert-OH is 1. The number of halogens is 1. The van der Waals surface area contributed by atoms with Crippen LogP contribution in [0.1, 0.15) is 44.2 Å². The molecule has 0 radical (unpaired) electrons. The van der Waals surface area contributed by atoms with Gasteiger partial charge in [-0.05, 0) is 30.0 Å². The lowest BCUT2D eigenvalue weighted by molar-refractivity contribution is 0.271. The van der Waals surface area contributed by atoms with Gasteiger partial charge in [0.05, 0.1) is 18.8 Å². The molecule has 3 N–H and O–H groups in total. The van der Waals surface area contributed by atoms with Gasteiger partial charge in [0.2, 0.25) is 11.9 Å². The SMILES string of the molecule is CC[C@H](CO)Nc1nc(NCc2ccc(Br)cc2)n2ncc(C(C)C)c2n1. The van der Waals surface area contributed by atoms with Crippen molar-refractivity contribution < 1.29 is 5.11 Å². The summed E-state index contributed by atoms with van der Waals surface area (Å²) >= 11 is 3.45. The standard InChI is InChI=1S/C19H25BrN6O/c1-4-15(11-27)23-18-24-17-16(12(2)3)10-22-26(17)19(25-18)21-9-13-5-7-14(20)8-6-13/h5-8,10,12,15,27H,4,9,11H2,1-3H3,(H2,21,23,24,25)/t15-/m1/s1. The average Bonchev–Trinajstić information content (AvgIpc) is 3.09. The molecule has 0 amide bonds. The summed E-state index contributed by atoms with van der Waals surface area (Å²) in [6.07, 6.45) is 2.62. The second-order valence-electron chi connectivity index (χ2n) is 6.77. The molecule has 0 spiro atoms. The maximum atomic E-state index is 9.49. The largest absolute Gasteiger partial charge is 0.394 e. The zero-order valence-corrected chi connectivity index (χ0v) is 17.4. The Hall–Kier alpha value is -2.19. The smallest absolute Gasteiger partial charge is 0.229 e. The van der Waals surface area contributed by atoms with Gasteiger partial charge in [-0.2, -0.15) is 19.6 Å². The van der Waals surface area contributed by atoms with Gasteiger partial charge in [0.25, 0.3) is 0 Å². The number of hydrogen-bond acceptors (Lipinski definition) is 6. The van der Waals surface area contributed by atoms with Crippen LogP contribution in [-0.2, 0) is 6.54 Å². The Balaban J connectivity index is 1.94. The van der Waals surface area contributed by atoms with Gasteiger partial charge in [-0.15, -0.1) is 0 Å². The first-order chi connectivity index (χ1) is 13.0. The Labute approximate surface area is 167 Å². The van der Waals surface area contributed by atoms with Crippen molar-refractivity contribution >= 4 is 33.5 Å². The van der Waals surface area contributed by atoms with Crippen LogP contribution < -0.4 is 10.6 Å². The van der Waals surface area contributed by atoms with Gasteiger partial charge in [0.15, 0.2) is 5.65 Å². The van der Waals surface area contributed by atoms with Crippen LogP contribution >= 0.6 is 15.9 Å². The molecule has 0 bridgehead atoms. The van der Waals surface area contributed by atoms with E-state index < -0.39 is 0 Å². The van der Waals surface area contributed by atoms with E-state index >= 15 is 0 Å². The van der Waals surface area contributed by atoms with Crippen molar-refractivity contribution in [3.63, 3.8) is 0 Å². The van der Waals surface area contributed by atoms with Crippen LogP contribution in [0.2, 0.25) is 0 Å².